The molecule has 0 aromatic heterocycles. The molecule has 0 radical (unpaired) electrons. The molecule has 3 rings (SSSR count). The summed E-state index contributed by atoms with van der Waals surface area (Å²) in [6, 6.07) is 9.52. The first-order chi connectivity index (χ1) is 13.9. The second kappa shape index (κ2) is 9.21. The van der Waals surface area contributed by atoms with Crippen molar-refractivity contribution in [1.29, 1.82) is 0 Å². The van der Waals surface area contributed by atoms with Gasteiger partial charge >= 0.3 is 5.97 Å². The van der Waals surface area contributed by atoms with Crippen LogP contribution in [0, 0.1) is 5.82 Å². The van der Waals surface area contributed by atoms with Crippen molar-refractivity contribution in [1.82, 2.24) is 5.32 Å². The third-order valence-corrected chi connectivity index (χ3v) is 4.98. The highest BCUT2D eigenvalue weighted by atomic mass is 35.5. The molecule has 0 saturated carbocycles. The highest BCUT2D eigenvalue weighted by Gasteiger charge is 2.25. The smallest absolute Gasteiger partial charge is 0.331 e. The number of amidine groups is 1. The number of methoxy groups -OCH3 is 1. The zero-order valence-corrected chi connectivity index (χ0v) is 17.1. The lowest BCUT2D eigenvalue weighted by Crippen LogP contribution is -2.19. The van der Waals surface area contributed by atoms with Crippen molar-refractivity contribution in [3.8, 4) is 11.1 Å². The number of halogens is 3. The Morgan fingerprint density at radius 2 is 1.90 bits per heavy atom. The van der Waals surface area contributed by atoms with E-state index in [1.165, 1.54) is 25.5 Å². The molecule has 0 aliphatic carbocycles. The maximum Gasteiger partial charge on any atom is 0.331 e. The number of hydrogen-bond acceptors (Lipinski definition) is 6. The van der Waals surface area contributed by atoms with E-state index < -0.39 is 17.7 Å². The van der Waals surface area contributed by atoms with Crippen LogP contribution in [0.4, 0.5) is 4.39 Å². The number of rotatable bonds is 4. The predicted octanol–water partition coefficient (Wildman–Crippen LogP) is 4.41. The maximum absolute atomic E-state index is 14.4. The molecule has 1 aliphatic rings. The van der Waals surface area contributed by atoms with Gasteiger partial charge in [-0.1, -0.05) is 29.3 Å². The molecule has 0 unspecified atom stereocenters. The maximum atomic E-state index is 14.4. The van der Waals surface area contributed by atoms with E-state index in [9.17, 15) is 14.0 Å². The van der Waals surface area contributed by atoms with Crippen molar-refractivity contribution < 1.29 is 18.7 Å². The lowest BCUT2D eigenvalue weighted by Gasteiger charge is -2.05. The van der Waals surface area contributed by atoms with E-state index in [0.717, 1.165) is 17.8 Å². The summed E-state index contributed by atoms with van der Waals surface area (Å²) in [4.78, 5) is 23.1. The second-order valence-electron chi connectivity index (χ2n) is 5.63. The monoisotopic (exact) mass is 451 g/mol. The number of nitrogens with zero attached hydrogens (tertiary/aromatic N) is 2. The van der Waals surface area contributed by atoms with Gasteiger partial charge in [-0.3, -0.25) is 10.1 Å². The molecule has 6 nitrogen and oxygen atoms in total. The topological polar surface area (TPSA) is 80.1 Å². The first-order valence-corrected chi connectivity index (χ1v) is 9.59. The molecular weight excluding hydrogens is 440 g/mol. The van der Waals surface area contributed by atoms with Gasteiger partial charge in [0.15, 0.2) is 5.17 Å². The highest BCUT2D eigenvalue weighted by Crippen LogP contribution is 2.28. The van der Waals surface area contributed by atoms with Gasteiger partial charge < -0.3 is 4.74 Å². The standard InChI is InChI=1S/C19H12Cl2FN3O3S/c1-28-17(26)8-16-18(27)24-19(29-16)25-23-9-11-3-2-10(6-15(11)22)12-4-13(20)7-14(21)5-12/h2-9H,1H3,(H,24,25,27)/b16-8+,23-9?. The Kier molecular flexibility index (Phi) is 6.68. The van der Waals surface area contributed by atoms with E-state index >= 15 is 0 Å². The summed E-state index contributed by atoms with van der Waals surface area (Å²) in [7, 11) is 1.21. The number of thioether (sulfide) groups is 1. The van der Waals surface area contributed by atoms with Crippen molar-refractivity contribution in [3.05, 3.63) is 68.8 Å². The molecule has 0 atom stereocenters. The van der Waals surface area contributed by atoms with Crippen molar-refractivity contribution in [2.24, 2.45) is 10.2 Å². The Balaban J connectivity index is 1.75. The van der Waals surface area contributed by atoms with Crippen LogP contribution in [0.2, 0.25) is 10.0 Å². The number of ether oxygens (including phenoxy) is 1. The summed E-state index contributed by atoms with van der Waals surface area (Å²) in [5.41, 5.74) is 1.48. The minimum absolute atomic E-state index is 0.126. The van der Waals surface area contributed by atoms with Crippen LogP contribution < -0.4 is 5.32 Å². The fourth-order valence-electron chi connectivity index (χ4n) is 2.32. The molecule has 0 spiro atoms. The second-order valence-corrected chi connectivity index (χ2v) is 7.54. The molecular formula is C19H12Cl2FN3O3S. The number of amides is 1. The highest BCUT2D eigenvalue weighted by molar-refractivity contribution is 8.18. The van der Waals surface area contributed by atoms with E-state index in [2.05, 4.69) is 20.3 Å². The molecule has 1 aliphatic heterocycles. The van der Waals surface area contributed by atoms with Crippen LogP contribution in [0.5, 0.6) is 0 Å². The number of hydrogen-bond donors (Lipinski definition) is 1. The van der Waals surface area contributed by atoms with E-state index in [1.807, 2.05) is 0 Å². The van der Waals surface area contributed by atoms with Crippen molar-refractivity contribution >= 4 is 58.2 Å². The fourth-order valence-corrected chi connectivity index (χ4v) is 3.58. The molecule has 0 bridgehead atoms. The van der Waals surface area contributed by atoms with Gasteiger partial charge in [-0.25, -0.2) is 9.18 Å². The lowest BCUT2D eigenvalue weighted by molar-refractivity contribution is -0.135. The molecule has 29 heavy (non-hydrogen) atoms. The average Bonchev–Trinajstić information content (AvgIpc) is 3.01. The first-order valence-electron chi connectivity index (χ1n) is 8.01. The lowest BCUT2D eigenvalue weighted by atomic mass is 10.0. The Labute approximate surface area is 179 Å². The van der Waals surface area contributed by atoms with Crippen LogP contribution in [0.1, 0.15) is 5.56 Å². The van der Waals surface area contributed by atoms with Gasteiger partial charge in [0.2, 0.25) is 0 Å². The van der Waals surface area contributed by atoms with Crippen molar-refractivity contribution in [3.63, 3.8) is 0 Å². The Hall–Kier alpha value is -2.68. The molecule has 148 valence electrons. The number of benzene rings is 2. The third-order valence-electron chi connectivity index (χ3n) is 3.64. The van der Waals surface area contributed by atoms with Crippen LogP contribution in [0.25, 0.3) is 11.1 Å². The van der Waals surface area contributed by atoms with Crippen molar-refractivity contribution in [2.75, 3.05) is 7.11 Å². The van der Waals surface area contributed by atoms with E-state index in [4.69, 9.17) is 23.2 Å². The van der Waals surface area contributed by atoms with Crippen LogP contribution in [0.15, 0.2) is 57.6 Å². The predicted molar refractivity (Wildman–Crippen MR) is 113 cm³/mol. The van der Waals surface area contributed by atoms with Gasteiger partial charge in [-0.15, -0.1) is 5.10 Å². The minimum Gasteiger partial charge on any atom is -0.466 e. The molecule has 2 aromatic rings. The zero-order valence-electron chi connectivity index (χ0n) is 14.8. The molecule has 1 heterocycles. The molecule has 10 heteroatoms. The van der Waals surface area contributed by atoms with Crippen LogP contribution >= 0.6 is 35.0 Å². The number of nitrogens with one attached hydrogen (secondary N) is 1. The van der Waals surface area contributed by atoms with Gasteiger partial charge in [0.05, 0.1) is 18.2 Å². The quantitative estimate of drug-likeness (QED) is 0.323. The summed E-state index contributed by atoms with van der Waals surface area (Å²) >= 11 is 12.9. The van der Waals surface area contributed by atoms with E-state index in [1.54, 1.807) is 24.3 Å². The minimum atomic E-state index is -0.657. The molecule has 1 saturated heterocycles. The third kappa shape index (κ3) is 5.44. The van der Waals surface area contributed by atoms with Crippen LogP contribution in [0.3, 0.4) is 0 Å². The molecule has 1 fully saturated rings. The summed E-state index contributed by atoms with van der Waals surface area (Å²) in [6.07, 6.45) is 2.26. The van der Waals surface area contributed by atoms with Gasteiger partial charge in [0, 0.05) is 21.7 Å². The van der Waals surface area contributed by atoms with E-state index in [-0.39, 0.29) is 15.6 Å². The Bertz CT molecular complexity index is 1070. The summed E-state index contributed by atoms with van der Waals surface area (Å²) in [5.74, 6) is -1.67. The zero-order chi connectivity index (χ0) is 21.0. The summed E-state index contributed by atoms with van der Waals surface area (Å²) in [6.45, 7) is 0. The van der Waals surface area contributed by atoms with Crippen LogP contribution in [-0.2, 0) is 14.3 Å². The van der Waals surface area contributed by atoms with Gasteiger partial charge in [-0.2, -0.15) is 5.10 Å². The summed E-state index contributed by atoms with van der Waals surface area (Å²) in [5, 5.41) is 11.1. The van der Waals surface area contributed by atoms with Gasteiger partial charge in [0.25, 0.3) is 5.91 Å². The fraction of sp³-hybridized carbons (Fsp3) is 0.0526. The SMILES string of the molecule is COC(=O)/C=C1/S/C(=N\N=Cc2ccc(-c3cc(Cl)cc(Cl)c3)cc2F)NC1=O. The number of esters is 1. The normalized spacial score (nSPS) is 16.6. The number of carbonyl (C=O) groups is 2. The first kappa shape index (κ1) is 21.0. The largest absolute Gasteiger partial charge is 0.466 e. The van der Waals surface area contributed by atoms with Gasteiger partial charge in [0.1, 0.15) is 5.82 Å². The van der Waals surface area contributed by atoms with Crippen LogP contribution in [-0.4, -0.2) is 30.4 Å². The number of carbonyl (C=O) groups excluding carboxylic acids is 2. The molecule has 1 amide bonds. The molecule has 1 N–H and O–H groups in total. The van der Waals surface area contributed by atoms with Gasteiger partial charge in [-0.05, 0) is 53.2 Å². The Morgan fingerprint density at radius 1 is 1.17 bits per heavy atom. The van der Waals surface area contributed by atoms with E-state index in [0.29, 0.717) is 21.2 Å². The Morgan fingerprint density at radius 3 is 2.55 bits per heavy atom. The average molecular weight is 452 g/mol. The summed E-state index contributed by atoms with van der Waals surface area (Å²) < 4.78 is 18.9. The molecule has 2 aromatic carbocycles. The van der Waals surface area contributed by atoms with Crippen molar-refractivity contribution in [2.45, 2.75) is 0 Å².